The summed E-state index contributed by atoms with van der Waals surface area (Å²) in [6.45, 7) is 7.12. The monoisotopic (exact) mass is 324 g/mol. The summed E-state index contributed by atoms with van der Waals surface area (Å²) in [5.41, 5.74) is 0. The summed E-state index contributed by atoms with van der Waals surface area (Å²) in [5.74, 6) is -1.07. The van der Waals surface area contributed by atoms with Crippen LogP contribution in [-0.2, 0) is 19.2 Å². The van der Waals surface area contributed by atoms with Crippen LogP contribution in [0.15, 0.2) is 24.3 Å². The maximum Gasteiger partial charge on any atom is 0.254 e. The summed E-state index contributed by atoms with van der Waals surface area (Å²) in [4.78, 5) is 47.1. The quantitative estimate of drug-likeness (QED) is 0.319. The van der Waals surface area contributed by atoms with Crippen molar-refractivity contribution in [3.05, 3.63) is 24.3 Å². The molecule has 0 saturated carbocycles. The van der Waals surface area contributed by atoms with E-state index in [2.05, 4.69) is 0 Å². The third-order valence-corrected chi connectivity index (χ3v) is 4.76. The van der Waals surface area contributed by atoms with E-state index in [1.54, 1.807) is 20.9 Å². The van der Waals surface area contributed by atoms with Crippen molar-refractivity contribution in [1.29, 1.82) is 0 Å². The van der Waals surface area contributed by atoms with Gasteiger partial charge in [-0.3, -0.25) is 24.1 Å². The molecule has 7 heteroatoms. The van der Waals surface area contributed by atoms with E-state index in [0.717, 1.165) is 6.08 Å². The Labute approximate surface area is 134 Å². The van der Waals surface area contributed by atoms with E-state index in [-0.39, 0.29) is 17.7 Å². The van der Waals surface area contributed by atoms with Crippen molar-refractivity contribution >= 4 is 35.8 Å². The molecule has 120 valence electrons. The first-order valence-corrected chi connectivity index (χ1v) is 7.50. The summed E-state index contributed by atoms with van der Waals surface area (Å²) in [5, 5.41) is 0. The van der Waals surface area contributed by atoms with Gasteiger partial charge in [0.2, 0.25) is 5.91 Å². The Hall–Kier alpha value is -1.89. The molecule has 3 amide bonds. The summed E-state index contributed by atoms with van der Waals surface area (Å²) in [6, 6.07) is 0. The lowest BCUT2D eigenvalue weighted by Gasteiger charge is -2.43. The van der Waals surface area contributed by atoms with Crippen molar-refractivity contribution in [2.45, 2.75) is 37.4 Å². The summed E-state index contributed by atoms with van der Waals surface area (Å²) >= 11 is 1.31. The number of rotatable bonds is 6. The Bertz CT molecular complexity index is 546. The van der Waals surface area contributed by atoms with Gasteiger partial charge >= 0.3 is 0 Å². The number of carbonyl (C=O) groups is 4. The molecule has 0 atom stereocenters. The minimum Gasteiger partial charge on any atom is -0.328 e. The van der Waals surface area contributed by atoms with Gasteiger partial charge in [0.05, 0.1) is 9.74 Å². The van der Waals surface area contributed by atoms with Crippen molar-refractivity contribution in [3.63, 3.8) is 0 Å². The van der Waals surface area contributed by atoms with E-state index in [0.29, 0.717) is 6.29 Å². The molecule has 0 spiro atoms. The smallest absolute Gasteiger partial charge is 0.254 e. The fraction of sp³-hybridized carbons (Fsp3) is 0.467. The van der Waals surface area contributed by atoms with Gasteiger partial charge in [-0.15, -0.1) is 11.8 Å². The molecule has 0 N–H and O–H groups in total. The molecule has 22 heavy (non-hydrogen) atoms. The second-order valence-electron chi connectivity index (χ2n) is 5.73. The fourth-order valence-corrected chi connectivity index (χ4v) is 3.88. The molecule has 0 saturated heterocycles. The molecule has 0 aliphatic carbocycles. The van der Waals surface area contributed by atoms with Crippen molar-refractivity contribution < 1.29 is 19.2 Å². The molecule has 0 bridgehead atoms. The highest BCUT2D eigenvalue weighted by atomic mass is 32.2. The Kier molecular flexibility index (Phi) is 5.35. The highest BCUT2D eigenvalue weighted by Gasteiger charge is 2.43. The van der Waals surface area contributed by atoms with Gasteiger partial charge in [-0.25, -0.2) is 0 Å². The van der Waals surface area contributed by atoms with Gasteiger partial charge in [-0.2, -0.15) is 0 Å². The van der Waals surface area contributed by atoms with Crippen LogP contribution in [0.4, 0.5) is 0 Å². The number of nitrogens with zero attached hydrogens (tertiary/aromatic N) is 2. The average molecular weight is 324 g/mol. The lowest BCUT2D eigenvalue weighted by atomic mass is 10.3. The average Bonchev–Trinajstić information content (AvgIpc) is 2.73. The normalized spacial score (nSPS) is 15.8. The predicted octanol–water partition coefficient (Wildman–Crippen LogP) is 1.33. The molecule has 1 heterocycles. The molecule has 0 aromatic heterocycles. The van der Waals surface area contributed by atoms with E-state index >= 15 is 0 Å². The molecular weight excluding hydrogens is 304 g/mol. The second-order valence-corrected chi connectivity index (χ2v) is 7.94. The van der Waals surface area contributed by atoms with Crippen LogP contribution >= 0.6 is 11.8 Å². The van der Waals surface area contributed by atoms with Gasteiger partial charge in [0.25, 0.3) is 11.8 Å². The molecule has 1 rings (SSSR count). The number of hydrogen-bond acceptors (Lipinski definition) is 5. The van der Waals surface area contributed by atoms with Crippen LogP contribution in [0.1, 0.15) is 27.7 Å². The predicted molar refractivity (Wildman–Crippen MR) is 84.7 cm³/mol. The van der Waals surface area contributed by atoms with Crippen LogP contribution in [0.5, 0.6) is 0 Å². The van der Waals surface area contributed by atoms with E-state index in [1.807, 2.05) is 13.8 Å². The van der Waals surface area contributed by atoms with Crippen molar-refractivity contribution in [2.24, 2.45) is 0 Å². The second kappa shape index (κ2) is 6.48. The standard InChI is InChI=1S/C15H20N2O4S/c1-14(2,16(5)11(19)7-6-10-18)22-15(3,4)17-12(20)8-9-13(17)21/h6-10H,1-5H3/b7-6-. The topological polar surface area (TPSA) is 74.8 Å². The third kappa shape index (κ3) is 3.85. The third-order valence-electron chi connectivity index (χ3n) is 3.30. The molecule has 0 aromatic carbocycles. The molecule has 0 aromatic rings. The van der Waals surface area contributed by atoms with Gasteiger partial charge in [0.1, 0.15) is 6.29 Å². The molecule has 0 radical (unpaired) electrons. The zero-order valence-electron chi connectivity index (χ0n) is 13.3. The maximum absolute atomic E-state index is 12.0. The largest absolute Gasteiger partial charge is 0.328 e. The number of likely N-dealkylation sites (N-methyl/N-ethyl adjacent to an activating group) is 1. The van der Waals surface area contributed by atoms with E-state index in [4.69, 9.17) is 0 Å². The number of allylic oxidation sites excluding steroid dienone is 1. The Morgan fingerprint density at radius 1 is 1.18 bits per heavy atom. The lowest BCUT2D eigenvalue weighted by Crippen LogP contribution is -2.51. The summed E-state index contributed by atoms with van der Waals surface area (Å²) < 4.78 is 0. The summed E-state index contributed by atoms with van der Waals surface area (Å²) in [6.07, 6.45) is 5.31. The van der Waals surface area contributed by atoms with Crippen molar-refractivity contribution in [3.8, 4) is 0 Å². The molecular formula is C15H20N2O4S. The zero-order chi connectivity index (χ0) is 17.1. The Morgan fingerprint density at radius 3 is 2.14 bits per heavy atom. The highest BCUT2D eigenvalue weighted by molar-refractivity contribution is 8.01. The van der Waals surface area contributed by atoms with Crippen LogP contribution in [0, 0.1) is 0 Å². The number of amides is 3. The first kappa shape index (κ1) is 18.2. The maximum atomic E-state index is 12.0. The first-order chi connectivity index (χ1) is 10.0. The SMILES string of the molecule is CN(C(=O)/C=C\C=O)C(C)(C)SC(C)(C)N1C(=O)C=CC1=O. The Morgan fingerprint density at radius 2 is 1.68 bits per heavy atom. The van der Waals surface area contributed by atoms with Crippen molar-refractivity contribution in [2.75, 3.05) is 7.05 Å². The van der Waals surface area contributed by atoms with Gasteiger partial charge in [0.15, 0.2) is 0 Å². The fourth-order valence-electron chi connectivity index (χ4n) is 2.16. The van der Waals surface area contributed by atoms with E-state index in [9.17, 15) is 19.2 Å². The molecule has 0 fully saturated rings. The molecule has 6 nitrogen and oxygen atoms in total. The molecule has 0 unspecified atom stereocenters. The van der Waals surface area contributed by atoms with Crippen LogP contribution in [-0.4, -0.2) is 50.6 Å². The zero-order valence-corrected chi connectivity index (χ0v) is 14.1. The van der Waals surface area contributed by atoms with Gasteiger partial charge < -0.3 is 4.90 Å². The minimum atomic E-state index is -0.829. The first-order valence-electron chi connectivity index (χ1n) is 6.69. The highest BCUT2D eigenvalue weighted by Crippen LogP contribution is 2.41. The minimum absolute atomic E-state index is 0.336. The van der Waals surface area contributed by atoms with Crippen LogP contribution in [0.25, 0.3) is 0 Å². The van der Waals surface area contributed by atoms with Crippen LogP contribution in [0.2, 0.25) is 0 Å². The van der Waals surface area contributed by atoms with Crippen LogP contribution in [0.3, 0.4) is 0 Å². The van der Waals surface area contributed by atoms with Crippen LogP contribution < -0.4 is 0 Å². The Balaban J connectivity index is 2.92. The van der Waals surface area contributed by atoms with E-state index in [1.165, 1.54) is 39.8 Å². The number of thioether (sulfide) groups is 1. The summed E-state index contributed by atoms with van der Waals surface area (Å²) in [7, 11) is 1.60. The van der Waals surface area contributed by atoms with E-state index < -0.39 is 9.74 Å². The van der Waals surface area contributed by atoms with Gasteiger partial charge in [-0.05, 0) is 33.8 Å². The van der Waals surface area contributed by atoms with Gasteiger partial charge in [0, 0.05) is 25.3 Å². The number of hydrogen-bond donors (Lipinski definition) is 0. The number of imide groups is 1. The van der Waals surface area contributed by atoms with Crippen molar-refractivity contribution in [1.82, 2.24) is 9.80 Å². The molecule has 1 aliphatic heterocycles. The lowest BCUT2D eigenvalue weighted by molar-refractivity contribution is -0.139. The number of carbonyl (C=O) groups excluding carboxylic acids is 4. The molecule has 1 aliphatic rings. The van der Waals surface area contributed by atoms with Gasteiger partial charge in [-0.1, -0.05) is 0 Å². The number of aldehydes is 1.